The second kappa shape index (κ2) is 6.76. The zero-order valence-electron chi connectivity index (χ0n) is 12.6. The van der Waals surface area contributed by atoms with E-state index in [0.29, 0.717) is 22.6 Å². The first-order valence-corrected chi connectivity index (χ1v) is 6.61. The summed E-state index contributed by atoms with van der Waals surface area (Å²) in [5.41, 5.74) is 0.657. The van der Waals surface area contributed by atoms with Crippen molar-refractivity contribution in [1.29, 1.82) is 0 Å². The van der Waals surface area contributed by atoms with Crippen LogP contribution in [0, 0.1) is 0 Å². The number of ketones is 1. The molecule has 114 valence electrons. The molecule has 0 heterocycles. The van der Waals surface area contributed by atoms with Gasteiger partial charge in [0.15, 0.2) is 0 Å². The minimum absolute atomic E-state index is 0.220. The van der Waals surface area contributed by atoms with Crippen LogP contribution in [0.25, 0.3) is 0 Å². The molecule has 5 heteroatoms. The minimum atomic E-state index is -0.484. The molecule has 5 nitrogen and oxygen atoms in total. The van der Waals surface area contributed by atoms with Crippen LogP contribution in [-0.4, -0.2) is 26.0 Å². The summed E-state index contributed by atoms with van der Waals surface area (Å²) in [7, 11) is 3.01. The molecule has 0 amide bonds. The molecule has 0 unspecified atom stereocenters. The minimum Gasteiger partial charge on any atom is -0.497 e. The molecule has 0 saturated carbocycles. The molecule has 0 fully saturated rings. The third kappa shape index (κ3) is 3.25. The number of methoxy groups -OCH3 is 2. The third-order valence-electron chi connectivity index (χ3n) is 3.04. The molecule has 0 aliphatic carbocycles. The van der Waals surface area contributed by atoms with E-state index in [1.807, 2.05) is 0 Å². The molecular weight excluding hydrogens is 284 g/mol. The van der Waals surface area contributed by atoms with Gasteiger partial charge in [-0.05, 0) is 24.3 Å². The largest absolute Gasteiger partial charge is 0.497 e. The summed E-state index contributed by atoms with van der Waals surface area (Å²) in [6.07, 6.45) is 0. The van der Waals surface area contributed by atoms with Gasteiger partial charge in [0.05, 0.1) is 25.3 Å². The van der Waals surface area contributed by atoms with Gasteiger partial charge >= 0.3 is 5.97 Å². The van der Waals surface area contributed by atoms with E-state index in [9.17, 15) is 9.59 Å². The number of rotatable bonds is 5. The molecule has 22 heavy (non-hydrogen) atoms. The average Bonchev–Trinajstić information content (AvgIpc) is 2.53. The van der Waals surface area contributed by atoms with Crippen molar-refractivity contribution in [1.82, 2.24) is 0 Å². The van der Waals surface area contributed by atoms with Crippen molar-refractivity contribution in [3.63, 3.8) is 0 Å². The number of carbonyl (C=O) groups excluding carboxylic acids is 2. The number of benzene rings is 2. The van der Waals surface area contributed by atoms with Gasteiger partial charge in [0, 0.05) is 13.0 Å². The van der Waals surface area contributed by atoms with Gasteiger partial charge < -0.3 is 14.2 Å². The molecule has 0 N–H and O–H groups in total. The molecule has 0 saturated heterocycles. The summed E-state index contributed by atoms with van der Waals surface area (Å²) in [6.45, 7) is 1.29. The van der Waals surface area contributed by atoms with Gasteiger partial charge in [-0.15, -0.1) is 0 Å². The lowest BCUT2D eigenvalue weighted by Crippen LogP contribution is -2.09. The van der Waals surface area contributed by atoms with Crippen LogP contribution in [0.4, 0.5) is 0 Å². The number of hydrogen-bond acceptors (Lipinski definition) is 5. The van der Waals surface area contributed by atoms with Gasteiger partial charge in [-0.25, -0.2) is 0 Å². The van der Waals surface area contributed by atoms with Crippen molar-refractivity contribution in [3.8, 4) is 17.2 Å². The van der Waals surface area contributed by atoms with Crippen molar-refractivity contribution in [2.75, 3.05) is 14.2 Å². The maximum absolute atomic E-state index is 12.7. The molecule has 2 aromatic rings. The first-order valence-electron chi connectivity index (χ1n) is 6.61. The number of hydrogen-bond donors (Lipinski definition) is 0. The summed E-state index contributed by atoms with van der Waals surface area (Å²) in [6, 6.07) is 11.5. The van der Waals surface area contributed by atoms with E-state index in [4.69, 9.17) is 14.2 Å². The van der Waals surface area contributed by atoms with Crippen molar-refractivity contribution >= 4 is 11.8 Å². The molecule has 0 aliphatic heterocycles. The monoisotopic (exact) mass is 300 g/mol. The summed E-state index contributed by atoms with van der Waals surface area (Å²) < 4.78 is 15.4. The second-order valence-electron chi connectivity index (χ2n) is 4.49. The van der Waals surface area contributed by atoms with Crippen LogP contribution in [0.3, 0.4) is 0 Å². The highest BCUT2D eigenvalue weighted by molar-refractivity contribution is 6.12. The Morgan fingerprint density at radius 3 is 2.18 bits per heavy atom. The van der Waals surface area contributed by atoms with Gasteiger partial charge in [-0.1, -0.05) is 12.1 Å². The Morgan fingerprint density at radius 2 is 1.55 bits per heavy atom. The quantitative estimate of drug-likeness (QED) is 0.483. The van der Waals surface area contributed by atoms with E-state index in [2.05, 4.69) is 0 Å². The van der Waals surface area contributed by atoms with E-state index in [0.717, 1.165) is 0 Å². The van der Waals surface area contributed by atoms with E-state index in [-0.39, 0.29) is 11.5 Å². The Balaban J connectivity index is 2.46. The maximum atomic E-state index is 12.7. The predicted molar refractivity (Wildman–Crippen MR) is 80.7 cm³/mol. The van der Waals surface area contributed by atoms with Crippen molar-refractivity contribution < 1.29 is 23.8 Å². The Kier molecular flexibility index (Phi) is 4.78. The zero-order chi connectivity index (χ0) is 16.1. The highest BCUT2D eigenvalue weighted by atomic mass is 16.5. The number of para-hydroxylation sites is 1. The fourth-order valence-corrected chi connectivity index (χ4v) is 2.03. The normalized spacial score (nSPS) is 9.95. The summed E-state index contributed by atoms with van der Waals surface area (Å²) in [5, 5.41) is 0. The fourth-order valence-electron chi connectivity index (χ4n) is 2.03. The molecule has 0 aromatic heterocycles. The molecule has 2 rings (SSSR count). The Hall–Kier alpha value is -2.82. The summed E-state index contributed by atoms with van der Waals surface area (Å²) >= 11 is 0. The standard InChI is InChI=1S/C17H16O5/c1-11(18)22-15-7-5-4-6-13(15)17(19)14-9-8-12(20-2)10-16(14)21-3/h4-10H,1-3H3. The number of esters is 1. The van der Waals surface area contributed by atoms with E-state index in [1.54, 1.807) is 42.5 Å². The van der Waals surface area contributed by atoms with Crippen LogP contribution in [0.2, 0.25) is 0 Å². The van der Waals surface area contributed by atoms with Gasteiger partial charge in [0.25, 0.3) is 0 Å². The first kappa shape index (κ1) is 15.6. The molecular formula is C17H16O5. The molecule has 0 radical (unpaired) electrons. The Labute approximate surface area is 128 Å². The van der Waals surface area contributed by atoms with Crippen LogP contribution in [0.5, 0.6) is 17.2 Å². The van der Waals surface area contributed by atoms with Crippen LogP contribution >= 0.6 is 0 Å². The molecule has 0 atom stereocenters. The topological polar surface area (TPSA) is 61.8 Å². The fraction of sp³-hybridized carbons (Fsp3) is 0.176. The lowest BCUT2D eigenvalue weighted by molar-refractivity contribution is -0.131. The van der Waals surface area contributed by atoms with Gasteiger partial charge in [0.2, 0.25) is 5.78 Å². The van der Waals surface area contributed by atoms with Crippen LogP contribution in [-0.2, 0) is 4.79 Å². The van der Waals surface area contributed by atoms with E-state index in [1.165, 1.54) is 21.1 Å². The van der Waals surface area contributed by atoms with E-state index >= 15 is 0 Å². The molecule has 0 aliphatic rings. The third-order valence-corrected chi connectivity index (χ3v) is 3.04. The summed E-state index contributed by atoms with van der Waals surface area (Å²) in [4.78, 5) is 23.9. The highest BCUT2D eigenvalue weighted by Gasteiger charge is 2.19. The van der Waals surface area contributed by atoms with Crippen LogP contribution in [0.1, 0.15) is 22.8 Å². The van der Waals surface area contributed by atoms with Gasteiger partial charge in [-0.2, -0.15) is 0 Å². The molecule has 0 bridgehead atoms. The average molecular weight is 300 g/mol. The van der Waals surface area contributed by atoms with Gasteiger partial charge in [-0.3, -0.25) is 9.59 Å². The maximum Gasteiger partial charge on any atom is 0.308 e. The number of carbonyl (C=O) groups is 2. The first-order chi connectivity index (χ1) is 10.6. The van der Waals surface area contributed by atoms with Gasteiger partial charge in [0.1, 0.15) is 17.2 Å². The lowest BCUT2D eigenvalue weighted by atomic mass is 10.0. The van der Waals surface area contributed by atoms with E-state index < -0.39 is 5.97 Å². The predicted octanol–water partition coefficient (Wildman–Crippen LogP) is 2.86. The Bertz CT molecular complexity index is 706. The molecule has 2 aromatic carbocycles. The number of ether oxygens (including phenoxy) is 3. The Morgan fingerprint density at radius 1 is 0.864 bits per heavy atom. The van der Waals surface area contributed by atoms with Crippen LogP contribution in [0.15, 0.2) is 42.5 Å². The SMILES string of the molecule is COc1ccc(C(=O)c2ccccc2OC(C)=O)c(OC)c1. The van der Waals surface area contributed by atoms with Crippen molar-refractivity contribution in [3.05, 3.63) is 53.6 Å². The van der Waals surface area contributed by atoms with Crippen LogP contribution < -0.4 is 14.2 Å². The zero-order valence-corrected chi connectivity index (χ0v) is 12.6. The lowest BCUT2D eigenvalue weighted by Gasteiger charge is -2.11. The smallest absolute Gasteiger partial charge is 0.308 e. The second-order valence-corrected chi connectivity index (χ2v) is 4.49. The highest BCUT2D eigenvalue weighted by Crippen LogP contribution is 2.29. The molecule has 0 spiro atoms. The van der Waals surface area contributed by atoms with Crippen molar-refractivity contribution in [2.24, 2.45) is 0 Å². The summed E-state index contributed by atoms with van der Waals surface area (Å²) in [5.74, 6) is 0.416. The van der Waals surface area contributed by atoms with Crippen molar-refractivity contribution in [2.45, 2.75) is 6.92 Å².